The van der Waals surface area contributed by atoms with Crippen LogP contribution >= 0.6 is 0 Å². The molecule has 3 aliphatic rings. The zero-order chi connectivity index (χ0) is 19.6. The van der Waals surface area contributed by atoms with Crippen molar-refractivity contribution < 1.29 is 14.1 Å². The van der Waals surface area contributed by atoms with Crippen molar-refractivity contribution in [3.8, 4) is 0 Å². The van der Waals surface area contributed by atoms with Crippen molar-refractivity contribution in [2.24, 2.45) is 11.8 Å². The molecular formula is C19H21N7O3. The van der Waals surface area contributed by atoms with Crippen molar-refractivity contribution in [1.29, 1.82) is 0 Å². The van der Waals surface area contributed by atoms with Crippen molar-refractivity contribution >= 4 is 17.5 Å². The molecule has 0 unspecified atom stereocenters. The SMILES string of the molecule is Cc1nc(N2C[C@@H]3[C@H](CNC(=O)c4ccc5ncnn5c4)[C@H]4CC[C@]3(C2)O4)no1. The molecule has 1 amide bonds. The number of hydrogen-bond donors (Lipinski definition) is 1. The van der Waals surface area contributed by atoms with Crippen LogP contribution in [0.5, 0.6) is 0 Å². The Morgan fingerprint density at radius 3 is 3.21 bits per heavy atom. The molecule has 0 radical (unpaired) electrons. The molecule has 150 valence electrons. The van der Waals surface area contributed by atoms with Crippen LogP contribution in [0.4, 0.5) is 5.95 Å². The molecule has 3 aromatic rings. The van der Waals surface area contributed by atoms with Crippen LogP contribution in [0.2, 0.25) is 0 Å². The van der Waals surface area contributed by atoms with E-state index < -0.39 is 0 Å². The van der Waals surface area contributed by atoms with Crippen LogP contribution < -0.4 is 10.2 Å². The van der Waals surface area contributed by atoms with Gasteiger partial charge in [-0.15, -0.1) is 0 Å². The van der Waals surface area contributed by atoms with E-state index in [1.807, 2.05) is 0 Å². The predicted octanol–water partition coefficient (Wildman–Crippen LogP) is 0.835. The Bertz CT molecular complexity index is 1090. The zero-order valence-corrected chi connectivity index (χ0v) is 16.0. The average Bonchev–Trinajstić information content (AvgIpc) is 3.50. The first-order valence-corrected chi connectivity index (χ1v) is 9.92. The monoisotopic (exact) mass is 395 g/mol. The lowest BCUT2D eigenvalue weighted by atomic mass is 9.73. The Morgan fingerprint density at radius 2 is 2.34 bits per heavy atom. The molecule has 0 saturated carbocycles. The molecule has 29 heavy (non-hydrogen) atoms. The molecule has 3 aromatic heterocycles. The van der Waals surface area contributed by atoms with Gasteiger partial charge in [-0.1, -0.05) is 0 Å². The number of pyridine rings is 1. The molecule has 6 rings (SSSR count). The van der Waals surface area contributed by atoms with Crippen LogP contribution in [-0.4, -0.2) is 62.0 Å². The Kier molecular flexibility index (Phi) is 3.49. The maximum atomic E-state index is 12.7. The van der Waals surface area contributed by atoms with E-state index in [4.69, 9.17) is 9.26 Å². The van der Waals surface area contributed by atoms with Gasteiger partial charge in [0.2, 0.25) is 5.89 Å². The molecule has 10 heteroatoms. The van der Waals surface area contributed by atoms with Gasteiger partial charge in [0.15, 0.2) is 5.65 Å². The Hall–Kier alpha value is -3.01. The Balaban J connectivity index is 1.17. The van der Waals surface area contributed by atoms with E-state index in [2.05, 4.69) is 30.4 Å². The minimum Gasteiger partial charge on any atom is -0.369 e. The lowest BCUT2D eigenvalue weighted by Gasteiger charge is -2.29. The standard InChI is InChI=1S/C19H21N7O3/c1-11-23-18(24-29-11)25-8-14-13(15-4-5-19(14,9-25)28-15)6-20-17(27)12-2-3-16-21-10-22-26(16)7-12/h2-3,7,10,13-15H,4-6,8-9H2,1H3,(H,20,27)/t13-,14+,15+,19+/m0/s1. The summed E-state index contributed by atoms with van der Waals surface area (Å²) in [6.07, 6.45) is 5.45. The predicted molar refractivity (Wildman–Crippen MR) is 100 cm³/mol. The van der Waals surface area contributed by atoms with Gasteiger partial charge in [0, 0.05) is 38.0 Å². The Labute approximate surface area is 166 Å². The molecule has 0 aromatic carbocycles. The highest BCUT2D eigenvalue weighted by Crippen LogP contribution is 2.55. The van der Waals surface area contributed by atoms with E-state index in [1.165, 1.54) is 6.33 Å². The number of hydrogen-bond acceptors (Lipinski definition) is 8. The second kappa shape index (κ2) is 5.99. The molecular weight excluding hydrogens is 374 g/mol. The van der Waals surface area contributed by atoms with E-state index in [0.29, 0.717) is 35.5 Å². The maximum Gasteiger partial charge on any atom is 0.266 e. The fourth-order valence-electron chi connectivity index (χ4n) is 5.30. The number of rotatable bonds is 4. The van der Waals surface area contributed by atoms with Crippen LogP contribution in [-0.2, 0) is 4.74 Å². The second-order valence-electron chi connectivity index (χ2n) is 8.21. The fraction of sp³-hybridized carbons (Fsp3) is 0.526. The van der Waals surface area contributed by atoms with Crippen molar-refractivity contribution in [3.63, 3.8) is 0 Å². The molecule has 3 fully saturated rings. The van der Waals surface area contributed by atoms with Crippen LogP contribution in [0.15, 0.2) is 29.2 Å². The molecule has 1 spiro atoms. The number of nitrogens with one attached hydrogen (secondary N) is 1. The van der Waals surface area contributed by atoms with Crippen LogP contribution in [0.1, 0.15) is 29.1 Å². The first kappa shape index (κ1) is 16.9. The van der Waals surface area contributed by atoms with Gasteiger partial charge in [-0.25, -0.2) is 9.50 Å². The number of fused-ring (bicyclic) bond motifs is 2. The van der Waals surface area contributed by atoms with E-state index in [-0.39, 0.29) is 23.5 Å². The highest BCUT2D eigenvalue weighted by Gasteiger charge is 2.63. The number of aryl methyl sites for hydroxylation is 1. The lowest BCUT2D eigenvalue weighted by Crippen LogP contribution is -2.41. The highest BCUT2D eigenvalue weighted by molar-refractivity contribution is 5.94. The van der Waals surface area contributed by atoms with Gasteiger partial charge in [0.05, 0.1) is 23.8 Å². The zero-order valence-electron chi connectivity index (χ0n) is 16.0. The van der Waals surface area contributed by atoms with Crippen LogP contribution in [0.25, 0.3) is 5.65 Å². The minimum absolute atomic E-state index is 0.108. The van der Waals surface area contributed by atoms with Gasteiger partial charge < -0.3 is 19.5 Å². The van der Waals surface area contributed by atoms with E-state index in [1.54, 1.807) is 29.8 Å². The number of nitrogens with zero attached hydrogens (tertiary/aromatic N) is 6. The summed E-state index contributed by atoms with van der Waals surface area (Å²) in [6, 6.07) is 3.56. The quantitative estimate of drug-likeness (QED) is 0.692. The third-order valence-electron chi connectivity index (χ3n) is 6.62. The van der Waals surface area contributed by atoms with Gasteiger partial charge in [-0.2, -0.15) is 10.1 Å². The van der Waals surface area contributed by atoms with Gasteiger partial charge in [-0.05, 0) is 30.1 Å². The van der Waals surface area contributed by atoms with Crippen LogP contribution in [0.3, 0.4) is 0 Å². The normalized spacial score (nSPS) is 30.2. The lowest BCUT2D eigenvalue weighted by molar-refractivity contribution is 0.0141. The molecule has 4 atom stereocenters. The van der Waals surface area contributed by atoms with Gasteiger partial charge >= 0.3 is 0 Å². The van der Waals surface area contributed by atoms with E-state index in [9.17, 15) is 4.79 Å². The number of amides is 1. The van der Waals surface area contributed by atoms with Crippen molar-refractivity contribution in [2.75, 3.05) is 24.5 Å². The molecule has 1 N–H and O–H groups in total. The summed E-state index contributed by atoms with van der Waals surface area (Å²) in [4.78, 5) is 23.3. The second-order valence-corrected chi connectivity index (χ2v) is 8.21. The number of carbonyl (C=O) groups excluding carboxylic acids is 1. The molecule has 2 bridgehead atoms. The summed E-state index contributed by atoms with van der Waals surface area (Å²) >= 11 is 0. The fourth-order valence-corrected chi connectivity index (χ4v) is 5.30. The van der Waals surface area contributed by atoms with Gasteiger partial charge in [0.1, 0.15) is 6.33 Å². The molecule has 3 saturated heterocycles. The van der Waals surface area contributed by atoms with E-state index >= 15 is 0 Å². The number of carbonyl (C=O) groups is 1. The third kappa shape index (κ3) is 2.55. The maximum absolute atomic E-state index is 12.7. The van der Waals surface area contributed by atoms with Crippen molar-refractivity contribution in [2.45, 2.75) is 31.5 Å². The molecule has 6 heterocycles. The summed E-state index contributed by atoms with van der Waals surface area (Å²) < 4.78 is 13.2. The topological polar surface area (TPSA) is 111 Å². The van der Waals surface area contributed by atoms with Gasteiger partial charge in [-0.3, -0.25) is 4.79 Å². The highest BCUT2D eigenvalue weighted by atomic mass is 16.5. The number of anilines is 1. The summed E-state index contributed by atoms with van der Waals surface area (Å²) in [5.41, 5.74) is 1.12. The van der Waals surface area contributed by atoms with Crippen molar-refractivity contribution in [3.05, 3.63) is 36.1 Å². The molecule has 0 aliphatic carbocycles. The van der Waals surface area contributed by atoms with E-state index in [0.717, 1.165) is 25.9 Å². The first-order valence-electron chi connectivity index (χ1n) is 9.92. The summed E-state index contributed by atoms with van der Waals surface area (Å²) in [5, 5.41) is 11.3. The summed E-state index contributed by atoms with van der Waals surface area (Å²) in [6.45, 7) is 3.98. The summed E-state index contributed by atoms with van der Waals surface area (Å²) in [5.74, 6) is 1.71. The molecule has 10 nitrogen and oxygen atoms in total. The summed E-state index contributed by atoms with van der Waals surface area (Å²) in [7, 11) is 0. The largest absolute Gasteiger partial charge is 0.369 e. The minimum atomic E-state index is -0.158. The third-order valence-corrected chi connectivity index (χ3v) is 6.62. The van der Waals surface area contributed by atoms with Crippen LogP contribution in [0, 0.1) is 18.8 Å². The van der Waals surface area contributed by atoms with Gasteiger partial charge in [0.25, 0.3) is 11.9 Å². The number of aromatic nitrogens is 5. The van der Waals surface area contributed by atoms with Crippen molar-refractivity contribution in [1.82, 2.24) is 30.1 Å². The average molecular weight is 395 g/mol. The molecule has 3 aliphatic heterocycles. The smallest absolute Gasteiger partial charge is 0.266 e. The first-order chi connectivity index (χ1) is 14.1. The number of ether oxygens (including phenoxy) is 1. The Morgan fingerprint density at radius 1 is 1.41 bits per heavy atom.